The molecule has 0 saturated heterocycles. The van der Waals surface area contributed by atoms with Crippen molar-refractivity contribution in [2.75, 3.05) is 20.3 Å². The number of hydrogen-bond donors (Lipinski definition) is 2. The molecular weight excluding hydrogens is 209 g/mol. The number of rotatable bonds is 6. The number of nitrogens with one attached hydrogen (secondary N) is 1. The first-order valence-corrected chi connectivity index (χ1v) is 5.41. The van der Waals surface area contributed by atoms with Crippen LogP contribution >= 0.6 is 0 Å². The van der Waals surface area contributed by atoms with Crippen molar-refractivity contribution >= 4 is 0 Å². The maximum atomic E-state index is 13.7. The van der Waals surface area contributed by atoms with Crippen LogP contribution in [0.1, 0.15) is 24.9 Å². The fourth-order valence-corrected chi connectivity index (χ4v) is 1.76. The van der Waals surface area contributed by atoms with E-state index in [0.717, 1.165) is 0 Å². The summed E-state index contributed by atoms with van der Waals surface area (Å²) >= 11 is 0. The zero-order valence-corrected chi connectivity index (χ0v) is 9.66. The Kier molecular flexibility index (Phi) is 5.22. The highest BCUT2D eigenvalue weighted by Crippen LogP contribution is 2.29. The highest BCUT2D eigenvalue weighted by Gasteiger charge is 2.18. The van der Waals surface area contributed by atoms with Gasteiger partial charge in [-0.2, -0.15) is 0 Å². The van der Waals surface area contributed by atoms with Crippen LogP contribution in [-0.4, -0.2) is 25.4 Å². The second kappa shape index (κ2) is 6.45. The van der Waals surface area contributed by atoms with E-state index in [1.807, 2.05) is 6.92 Å². The molecule has 0 aliphatic heterocycles. The molecule has 0 fully saturated rings. The first kappa shape index (κ1) is 12.9. The Balaban J connectivity index is 3.05. The molecule has 1 unspecified atom stereocenters. The van der Waals surface area contributed by atoms with E-state index < -0.39 is 0 Å². The summed E-state index contributed by atoms with van der Waals surface area (Å²) in [5, 5.41) is 12.1. The van der Waals surface area contributed by atoms with Gasteiger partial charge in [-0.3, -0.25) is 0 Å². The molecule has 0 amide bonds. The van der Waals surface area contributed by atoms with E-state index in [1.54, 1.807) is 12.1 Å². The quantitative estimate of drug-likeness (QED) is 0.779. The molecule has 0 aliphatic rings. The van der Waals surface area contributed by atoms with Crippen LogP contribution in [0, 0.1) is 5.82 Å². The van der Waals surface area contributed by atoms with Gasteiger partial charge in [0.25, 0.3) is 0 Å². The standard InChI is InChI=1S/C12H18FNO2/c1-3-14-10(7-8-15)12-9(13)5-4-6-11(12)16-2/h4-6,10,14-15H,3,7-8H2,1-2H3. The highest BCUT2D eigenvalue weighted by atomic mass is 19.1. The van der Waals surface area contributed by atoms with Gasteiger partial charge in [-0.1, -0.05) is 13.0 Å². The number of aliphatic hydroxyl groups is 1. The minimum atomic E-state index is -0.307. The predicted octanol–water partition coefficient (Wildman–Crippen LogP) is 1.87. The Labute approximate surface area is 95.2 Å². The third-order valence-corrected chi connectivity index (χ3v) is 2.45. The normalized spacial score (nSPS) is 12.5. The van der Waals surface area contributed by atoms with E-state index >= 15 is 0 Å². The summed E-state index contributed by atoms with van der Waals surface area (Å²) in [5.74, 6) is 0.207. The number of methoxy groups -OCH3 is 1. The van der Waals surface area contributed by atoms with Crippen LogP contribution in [-0.2, 0) is 0 Å². The summed E-state index contributed by atoms with van der Waals surface area (Å²) in [6.07, 6.45) is 0.463. The molecule has 1 atom stereocenters. The van der Waals surface area contributed by atoms with Crippen LogP contribution in [0.25, 0.3) is 0 Å². The number of benzene rings is 1. The lowest BCUT2D eigenvalue weighted by Crippen LogP contribution is -2.23. The zero-order valence-electron chi connectivity index (χ0n) is 9.66. The van der Waals surface area contributed by atoms with Gasteiger partial charge < -0.3 is 15.2 Å². The number of ether oxygens (including phenoxy) is 1. The van der Waals surface area contributed by atoms with Gasteiger partial charge in [0.2, 0.25) is 0 Å². The van der Waals surface area contributed by atoms with Gasteiger partial charge in [-0.25, -0.2) is 4.39 Å². The highest BCUT2D eigenvalue weighted by molar-refractivity contribution is 5.37. The molecule has 0 heterocycles. The molecule has 0 aromatic heterocycles. The summed E-state index contributed by atoms with van der Waals surface area (Å²) < 4.78 is 18.9. The molecule has 16 heavy (non-hydrogen) atoms. The van der Waals surface area contributed by atoms with Crippen molar-refractivity contribution in [3.05, 3.63) is 29.6 Å². The Bertz CT molecular complexity index is 325. The third-order valence-electron chi connectivity index (χ3n) is 2.45. The second-order valence-electron chi connectivity index (χ2n) is 3.48. The molecule has 90 valence electrons. The summed E-state index contributed by atoms with van der Waals surface area (Å²) in [4.78, 5) is 0. The molecule has 1 aromatic rings. The van der Waals surface area contributed by atoms with E-state index in [-0.39, 0.29) is 18.5 Å². The number of hydrogen-bond acceptors (Lipinski definition) is 3. The van der Waals surface area contributed by atoms with Crippen molar-refractivity contribution in [1.82, 2.24) is 5.32 Å². The summed E-state index contributed by atoms with van der Waals surface area (Å²) in [7, 11) is 1.51. The van der Waals surface area contributed by atoms with Gasteiger partial charge in [-0.05, 0) is 25.1 Å². The summed E-state index contributed by atoms with van der Waals surface area (Å²) in [6, 6.07) is 4.52. The monoisotopic (exact) mass is 227 g/mol. The Hall–Kier alpha value is -1.13. The van der Waals surface area contributed by atoms with Crippen LogP contribution in [0.2, 0.25) is 0 Å². The van der Waals surface area contributed by atoms with E-state index in [0.29, 0.717) is 24.3 Å². The van der Waals surface area contributed by atoms with E-state index in [2.05, 4.69) is 5.32 Å². The molecule has 3 nitrogen and oxygen atoms in total. The van der Waals surface area contributed by atoms with Crippen molar-refractivity contribution in [2.45, 2.75) is 19.4 Å². The van der Waals surface area contributed by atoms with Gasteiger partial charge in [0.1, 0.15) is 11.6 Å². The van der Waals surface area contributed by atoms with Gasteiger partial charge in [0.05, 0.1) is 7.11 Å². The Morgan fingerprint density at radius 2 is 2.25 bits per heavy atom. The molecule has 0 saturated carbocycles. The van der Waals surface area contributed by atoms with Crippen LogP contribution in [0.15, 0.2) is 18.2 Å². The molecule has 1 rings (SSSR count). The number of aliphatic hydroxyl groups excluding tert-OH is 1. The molecule has 4 heteroatoms. The van der Waals surface area contributed by atoms with E-state index in [1.165, 1.54) is 13.2 Å². The first-order valence-electron chi connectivity index (χ1n) is 5.41. The minimum absolute atomic E-state index is 0.00908. The van der Waals surface area contributed by atoms with Crippen LogP contribution in [0.3, 0.4) is 0 Å². The fraction of sp³-hybridized carbons (Fsp3) is 0.500. The maximum Gasteiger partial charge on any atom is 0.131 e. The van der Waals surface area contributed by atoms with Crippen molar-refractivity contribution in [1.29, 1.82) is 0 Å². The zero-order chi connectivity index (χ0) is 12.0. The maximum absolute atomic E-state index is 13.7. The summed E-state index contributed by atoms with van der Waals surface area (Å²) in [6.45, 7) is 2.66. The lowest BCUT2D eigenvalue weighted by Gasteiger charge is -2.20. The largest absolute Gasteiger partial charge is 0.496 e. The molecule has 0 bridgehead atoms. The van der Waals surface area contributed by atoms with Gasteiger partial charge in [0.15, 0.2) is 0 Å². The van der Waals surface area contributed by atoms with Crippen LogP contribution in [0.4, 0.5) is 4.39 Å². The SMILES string of the molecule is CCNC(CCO)c1c(F)cccc1OC. The first-order chi connectivity index (χ1) is 7.74. The minimum Gasteiger partial charge on any atom is -0.496 e. The van der Waals surface area contributed by atoms with E-state index in [4.69, 9.17) is 9.84 Å². The van der Waals surface area contributed by atoms with Crippen molar-refractivity contribution in [3.63, 3.8) is 0 Å². The average Bonchev–Trinajstić information content (AvgIpc) is 2.28. The topological polar surface area (TPSA) is 41.5 Å². The third kappa shape index (κ3) is 2.93. The molecular formula is C12H18FNO2. The molecule has 0 spiro atoms. The summed E-state index contributed by atoms with van der Waals surface area (Å²) in [5.41, 5.74) is 0.487. The Morgan fingerprint density at radius 1 is 1.50 bits per heavy atom. The van der Waals surface area contributed by atoms with Crippen LogP contribution in [0.5, 0.6) is 5.75 Å². The van der Waals surface area contributed by atoms with Crippen molar-refractivity contribution < 1.29 is 14.2 Å². The predicted molar refractivity (Wildman–Crippen MR) is 61.1 cm³/mol. The Morgan fingerprint density at radius 3 is 2.81 bits per heavy atom. The lowest BCUT2D eigenvalue weighted by atomic mass is 10.0. The smallest absolute Gasteiger partial charge is 0.131 e. The molecule has 1 aromatic carbocycles. The van der Waals surface area contributed by atoms with Gasteiger partial charge >= 0.3 is 0 Å². The van der Waals surface area contributed by atoms with Crippen LogP contribution < -0.4 is 10.1 Å². The van der Waals surface area contributed by atoms with Crippen molar-refractivity contribution in [2.24, 2.45) is 0 Å². The molecule has 2 N–H and O–H groups in total. The van der Waals surface area contributed by atoms with Gasteiger partial charge in [0, 0.05) is 18.2 Å². The lowest BCUT2D eigenvalue weighted by molar-refractivity contribution is 0.262. The molecule has 0 aliphatic carbocycles. The fourth-order valence-electron chi connectivity index (χ4n) is 1.76. The average molecular weight is 227 g/mol. The van der Waals surface area contributed by atoms with E-state index in [9.17, 15) is 4.39 Å². The van der Waals surface area contributed by atoms with Crippen molar-refractivity contribution in [3.8, 4) is 5.75 Å². The number of halogens is 1. The van der Waals surface area contributed by atoms with Gasteiger partial charge in [-0.15, -0.1) is 0 Å². The molecule has 0 radical (unpaired) electrons. The second-order valence-corrected chi connectivity index (χ2v) is 3.48.